The van der Waals surface area contributed by atoms with E-state index in [1.54, 1.807) is 4.57 Å². The Hall–Kier alpha value is -2.38. The predicted octanol–water partition coefficient (Wildman–Crippen LogP) is 4.08. The van der Waals surface area contributed by atoms with Crippen LogP contribution in [-0.4, -0.2) is 51.9 Å². The van der Waals surface area contributed by atoms with Crippen LogP contribution in [-0.2, 0) is 16.1 Å². The van der Waals surface area contributed by atoms with Crippen LogP contribution in [0.4, 0.5) is 0 Å². The lowest BCUT2D eigenvalue weighted by molar-refractivity contribution is -0.131. The van der Waals surface area contributed by atoms with Crippen LogP contribution >= 0.6 is 11.8 Å². The van der Waals surface area contributed by atoms with Crippen molar-refractivity contribution in [1.82, 2.24) is 14.5 Å². The number of carbonyl (C=O) groups is 1. The van der Waals surface area contributed by atoms with Crippen molar-refractivity contribution in [3.05, 3.63) is 46.8 Å². The number of carbonyl (C=O) groups excluding carboxylic acids is 1. The summed E-state index contributed by atoms with van der Waals surface area (Å²) in [4.78, 5) is 33.8. The average molecular weight is 452 g/mol. The standard InChI is InChI=1S/C25H29N3O3S/c1-2-28-23(29)20-15-18-7-3-4-8-19(18)16-21(20)26-25(28)32-22(17-9-13-31-14-10-17)24(30)27-11-5-6-12-27/h3-4,7-8,15-17,22H,2,5-6,9-14H2,1H3. The van der Waals surface area contributed by atoms with Gasteiger partial charge in [-0.05, 0) is 61.4 Å². The lowest BCUT2D eigenvalue weighted by Gasteiger charge is -2.31. The lowest BCUT2D eigenvalue weighted by atomic mass is 9.95. The van der Waals surface area contributed by atoms with Crippen molar-refractivity contribution >= 4 is 39.3 Å². The van der Waals surface area contributed by atoms with Gasteiger partial charge in [-0.1, -0.05) is 36.0 Å². The molecular formula is C25H29N3O3S. The summed E-state index contributed by atoms with van der Waals surface area (Å²) in [5, 5.41) is 3.13. The zero-order valence-electron chi connectivity index (χ0n) is 18.5. The highest BCUT2D eigenvalue weighted by Crippen LogP contribution is 2.35. The van der Waals surface area contributed by atoms with Crippen molar-refractivity contribution in [1.29, 1.82) is 0 Å². The Bertz CT molecular complexity index is 1200. The summed E-state index contributed by atoms with van der Waals surface area (Å²) >= 11 is 1.48. The van der Waals surface area contributed by atoms with Gasteiger partial charge in [-0.2, -0.15) is 0 Å². The normalized spacial score (nSPS) is 18.5. The second-order valence-electron chi connectivity index (χ2n) is 8.68. The number of amides is 1. The molecule has 2 aromatic carbocycles. The molecule has 32 heavy (non-hydrogen) atoms. The Balaban J connectivity index is 1.57. The van der Waals surface area contributed by atoms with Gasteiger partial charge in [0.2, 0.25) is 5.91 Å². The van der Waals surface area contributed by atoms with Crippen LogP contribution in [0.2, 0.25) is 0 Å². The maximum absolute atomic E-state index is 13.5. The third-order valence-corrected chi connectivity index (χ3v) is 8.05. The maximum atomic E-state index is 13.5. The van der Waals surface area contributed by atoms with Gasteiger partial charge in [0.05, 0.1) is 16.2 Å². The summed E-state index contributed by atoms with van der Waals surface area (Å²) in [6.45, 7) is 5.52. The number of hydrogen-bond acceptors (Lipinski definition) is 5. The summed E-state index contributed by atoms with van der Waals surface area (Å²) in [6.07, 6.45) is 3.87. The van der Waals surface area contributed by atoms with E-state index in [-0.39, 0.29) is 22.6 Å². The zero-order valence-corrected chi connectivity index (χ0v) is 19.3. The molecule has 1 atom stereocenters. The SMILES string of the molecule is CCn1c(SC(C(=O)N2CCCC2)C2CCOCC2)nc2cc3ccccc3cc2c1=O. The number of benzene rings is 2. The van der Waals surface area contributed by atoms with Crippen LogP contribution in [0, 0.1) is 5.92 Å². The van der Waals surface area contributed by atoms with Gasteiger partial charge in [0.15, 0.2) is 5.16 Å². The molecule has 0 saturated carbocycles. The average Bonchev–Trinajstić information content (AvgIpc) is 3.37. The topological polar surface area (TPSA) is 64.4 Å². The Morgan fingerprint density at radius 2 is 1.84 bits per heavy atom. The molecule has 2 saturated heterocycles. The highest BCUT2D eigenvalue weighted by atomic mass is 32.2. The highest BCUT2D eigenvalue weighted by molar-refractivity contribution is 8.00. The van der Waals surface area contributed by atoms with E-state index in [1.165, 1.54) is 11.8 Å². The number of nitrogens with zero attached hydrogens (tertiary/aromatic N) is 3. The smallest absolute Gasteiger partial charge is 0.262 e. The van der Waals surface area contributed by atoms with Gasteiger partial charge >= 0.3 is 0 Å². The number of rotatable bonds is 5. The largest absolute Gasteiger partial charge is 0.381 e. The van der Waals surface area contributed by atoms with E-state index in [4.69, 9.17) is 9.72 Å². The van der Waals surface area contributed by atoms with Crippen molar-refractivity contribution in [2.24, 2.45) is 5.92 Å². The third kappa shape index (κ3) is 4.04. The van der Waals surface area contributed by atoms with E-state index >= 15 is 0 Å². The summed E-state index contributed by atoms with van der Waals surface area (Å²) < 4.78 is 7.29. The van der Waals surface area contributed by atoms with Gasteiger partial charge in [-0.3, -0.25) is 14.2 Å². The fourth-order valence-corrected chi connectivity index (χ4v) is 6.29. The minimum Gasteiger partial charge on any atom is -0.381 e. The quantitative estimate of drug-likeness (QED) is 0.332. The van der Waals surface area contributed by atoms with Crippen LogP contribution in [0.15, 0.2) is 46.3 Å². The second-order valence-corrected chi connectivity index (χ2v) is 9.79. The molecule has 0 aliphatic carbocycles. The summed E-state index contributed by atoms with van der Waals surface area (Å²) in [5.41, 5.74) is 0.658. The molecule has 0 N–H and O–H groups in total. The van der Waals surface area contributed by atoms with Crippen molar-refractivity contribution in [3.8, 4) is 0 Å². The van der Waals surface area contributed by atoms with Crippen LogP contribution in [0.5, 0.6) is 0 Å². The molecule has 3 aromatic rings. The van der Waals surface area contributed by atoms with Crippen molar-refractivity contribution in [2.45, 2.75) is 49.6 Å². The monoisotopic (exact) mass is 451 g/mol. The van der Waals surface area contributed by atoms with Crippen molar-refractivity contribution < 1.29 is 9.53 Å². The minimum absolute atomic E-state index is 0.0369. The van der Waals surface area contributed by atoms with Crippen LogP contribution in [0.25, 0.3) is 21.7 Å². The molecule has 5 rings (SSSR count). The first kappa shape index (κ1) is 21.5. The fraction of sp³-hybridized carbons (Fsp3) is 0.480. The Morgan fingerprint density at radius 1 is 1.16 bits per heavy atom. The van der Waals surface area contributed by atoms with Crippen molar-refractivity contribution in [2.75, 3.05) is 26.3 Å². The second kappa shape index (κ2) is 9.24. The first-order chi connectivity index (χ1) is 15.7. The van der Waals surface area contributed by atoms with Gasteiger partial charge in [0.1, 0.15) is 0 Å². The molecule has 2 fully saturated rings. The van der Waals surface area contributed by atoms with Gasteiger partial charge in [-0.15, -0.1) is 0 Å². The molecular weight excluding hydrogens is 422 g/mol. The van der Waals surface area contributed by atoms with Crippen molar-refractivity contribution in [3.63, 3.8) is 0 Å². The molecule has 1 amide bonds. The molecule has 2 aliphatic rings. The number of fused-ring (bicyclic) bond motifs is 2. The van der Waals surface area contributed by atoms with E-state index in [0.717, 1.165) is 49.5 Å². The molecule has 7 heteroatoms. The molecule has 1 aromatic heterocycles. The van der Waals surface area contributed by atoms with Crippen LogP contribution in [0.3, 0.4) is 0 Å². The van der Waals surface area contributed by atoms with E-state index < -0.39 is 0 Å². The molecule has 1 unspecified atom stereocenters. The Morgan fingerprint density at radius 3 is 2.53 bits per heavy atom. The third-order valence-electron chi connectivity index (χ3n) is 6.69. The van der Waals surface area contributed by atoms with E-state index in [2.05, 4.69) is 0 Å². The predicted molar refractivity (Wildman–Crippen MR) is 128 cm³/mol. The Labute approximate surface area is 191 Å². The fourth-order valence-electron chi connectivity index (χ4n) is 4.85. The summed E-state index contributed by atoms with van der Waals surface area (Å²) in [6, 6.07) is 12.0. The van der Waals surface area contributed by atoms with Gasteiger partial charge in [-0.25, -0.2) is 4.98 Å². The van der Waals surface area contributed by atoms with Gasteiger partial charge in [0.25, 0.3) is 5.56 Å². The molecule has 168 valence electrons. The molecule has 0 radical (unpaired) electrons. The van der Waals surface area contributed by atoms with Crippen LogP contribution in [0.1, 0.15) is 32.6 Å². The first-order valence-corrected chi connectivity index (χ1v) is 12.5. The number of ether oxygens (including phenoxy) is 1. The molecule has 2 aliphatic heterocycles. The van der Waals surface area contributed by atoms with Gasteiger partial charge in [0, 0.05) is 32.8 Å². The number of thioether (sulfide) groups is 1. The molecule has 0 bridgehead atoms. The molecule has 3 heterocycles. The van der Waals surface area contributed by atoms with Gasteiger partial charge < -0.3 is 9.64 Å². The molecule has 6 nitrogen and oxygen atoms in total. The lowest BCUT2D eigenvalue weighted by Crippen LogP contribution is -2.41. The summed E-state index contributed by atoms with van der Waals surface area (Å²) in [5.74, 6) is 0.422. The minimum atomic E-state index is -0.236. The maximum Gasteiger partial charge on any atom is 0.262 e. The van der Waals surface area contributed by atoms with E-state index in [1.807, 2.05) is 48.2 Å². The zero-order chi connectivity index (χ0) is 22.1. The number of aromatic nitrogens is 2. The Kier molecular flexibility index (Phi) is 6.20. The highest BCUT2D eigenvalue weighted by Gasteiger charge is 2.35. The summed E-state index contributed by atoms with van der Waals surface area (Å²) in [7, 11) is 0. The van der Waals surface area contributed by atoms with E-state index in [0.29, 0.717) is 35.8 Å². The van der Waals surface area contributed by atoms with Crippen LogP contribution < -0.4 is 5.56 Å². The number of hydrogen-bond donors (Lipinski definition) is 0. The molecule has 0 spiro atoms. The number of likely N-dealkylation sites (tertiary alicyclic amines) is 1. The van der Waals surface area contributed by atoms with E-state index in [9.17, 15) is 9.59 Å². The first-order valence-electron chi connectivity index (χ1n) is 11.6.